The fourth-order valence-electron chi connectivity index (χ4n) is 2.62. The molecule has 0 saturated heterocycles. The number of nitrogens with two attached hydrogens (primary N) is 2. The summed E-state index contributed by atoms with van der Waals surface area (Å²) >= 11 is 0. The molecule has 0 spiro atoms. The van der Waals surface area contributed by atoms with Gasteiger partial charge in [0.2, 0.25) is 0 Å². The van der Waals surface area contributed by atoms with Gasteiger partial charge < -0.3 is 21.7 Å². The minimum Gasteiger partial charge on any atom is -0.379 e. The maximum atomic E-state index is 8.83. The zero-order valence-corrected chi connectivity index (χ0v) is 16.5. The molecule has 2 atom stereocenters. The van der Waals surface area contributed by atoms with Gasteiger partial charge in [-0.25, -0.2) is 0 Å². The molecule has 0 aliphatic heterocycles. The maximum absolute atomic E-state index is 8.83. The van der Waals surface area contributed by atoms with E-state index in [4.69, 9.17) is 21.7 Å². The topological polar surface area (TPSA) is 92.5 Å². The standard InChI is InChI=1S/C12H27NO.C8H19NO/c1-2-3-4-5-6-7-8-9-10-11-12(13)14;1-2-3-4-5-6-7-8(9)10/h12,14H,2-11,13H2,1H3;8,10H,2-7,9H2,1H3. The van der Waals surface area contributed by atoms with Crippen molar-refractivity contribution in [3.63, 3.8) is 0 Å². The van der Waals surface area contributed by atoms with Gasteiger partial charge in [0.15, 0.2) is 0 Å². The highest BCUT2D eigenvalue weighted by Crippen LogP contribution is 2.10. The molecule has 0 heterocycles. The summed E-state index contributed by atoms with van der Waals surface area (Å²) in [5.41, 5.74) is 10.4. The molecule has 0 aromatic rings. The quantitative estimate of drug-likeness (QED) is 0.238. The lowest BCUT2D eigenvalue weighted by atomic mass is 10.1. The normalized spacial score (nSPS) is 13.2. The van der Waals surface area contributed by atoms with Gasteiger partial charge in [-0.3, -0.25) is 0 Å². The molecule has 0 rings (SSSR count). The number of aliphatic hydroxyl groups is 2. The highest BCUT2D eigenvalue weighted by atomic mass is 16.3. The minimum atomic E-state index is -0.598. The molecular formula is C20H46N2O2. The van der Waals surface area contributed by atoms with E-state index in [1.165, 1.54) is 77.0 Å². The van der Waals surface area contributed by atoms with Crippen LogP contribution in [0.1, 0.15) is 117 Å². The van der Waals surface area contributed by atoms with Crippen molar-refractivity contribution in [2.75, 3.05) is 0 Å². The van der Waals surface area contributed by atoms with Crippen LogP contribution in [-0.4, -0.2) is 22.7 Å². The molecule has 148 valence electrons. The molecule has 0 aromatic carbocycles. The van der Waals surface area contributed by atoms with E-state index in [9.17, 15) is 0 Å². The van der Waals surface area contributed by atoms with Crippen molar-refractivity contribution in [1.82, 2.24) is 0 Å². The number of unbranched alkanes of at least 4 members (excludes halogenated alkanes) is 12. The van der Waals surface area contributed by atoms with E-state index in [-0.39, 0.29) is 0 Å². The largest absolute Gasteiger partial charge is 0.379 e. The lowest BCUT2D eigenvalue weighted by Gasteiger charge is -2.03. The van der Waals surface area contributed by atoms with Gasteiger partial charge in [0, 0.05) is 0 Å². The van der Waals surface area contributed by atoms with Crippen LogP contribution < -0.4 is 11.5 Å². The average molecular weight is 347 g/mol. The Labute approximate surface area is 151 Å². The summed E-state index contributed by atoms with van der Waals surface area (Å²) in [6.45, 7) is 4.44. The zero-order valence-electron chi connectivity index (χ0n) is 16.5. The smallest absolute Gasteiger partial charge is 0.102 e. The van der Waals surface area contributed by atoms with E-state index in [1.54, 1.807) is 0 Å². The summed E-state index contributed by atoms with van der Waals surface area (Å²) in [6, 6.07) is 0. The molecule has 6 N–H and O–H groups in total. The van der Waals surface area contributed by atoms with E-state index in [2.05, 4.69) is 13.8 Å². The molecular weight excluding hydrogens is 300 g/mol. The Bertz CT molecular complexity index is 212. The van der Waals surface area contributed by atoms with Crippen LogP contribution >= 0.6 is 0 Å². The van der Waals surface area contributed by atoms with Crippen LogP contribution in [0.2, 0.25) is 0 Å². The molecule has 2 unspecified atom stereocenters. The van der Waals surface area contributed by atoms with Crippen molar-refractivity contribution in [3.8, 4) is 0 Å². The molecule has 0 bridgehead atoms. The number of hydrogen-bond donors (Lipinski definition) is 4. The molecule has 0 aromatic heterocycles. The van der Waals surface area contributed by atoms with Crippen molar-refractivity contribution in [3.05, 3.63) is 0 Å². The third kappa shape index (κ3) is 29.8. The van der Waals surface area contributed by atoms with E-state index >= 15 is 0 Å². The summed E-state index contributed by atoms with van der Waals surface area (Å²) < 4.78 is 0. The van der Waals surface area contributed by atoms with Gasteiger partial charge in [-0.1, -0.05) is 90.9 Å². The van der Waals surface area contributed by atoms with Gasteiger partial charge in [0.1, 0.15) is 12.5 Å². The molecule has 0 aliphatic rings. The van der Waals surface area contributed by atoms with Gasteiger partial charge in [0.05, 0.1) is 0 Å². The fraction of sp³-hybridized carbons (Fsp3) is 1.00. The Kier molecular flexibility index (Phi) is 24.8. The Morgan fingerprint density at radius 3 is 1.00 bits per heavy atom. The third-order valence-electron chi connectivity index (χ3n) is 4.21. The minimum absolute atomic E-state index is 0.596. The van der Waals surface area contributed by atoms with Crippen LogP contribution in [0.15, 0.2) is 0 Å². The van der Waals surface area contributed by atoms with E-state index in [0.717, 1.165) is 25.7 Å². The summed E-state index contributed by atoms with van der Waals surface area (Å²) in [7, 11) is 0. The van der Waals surface area contributed by atoms with Crippen molar-refractivity contribution in [2.45, 2.75) is 129 Å². The van der Waals surface area contributed by atoms with Crippen LogP contribution in [0.4, 0.5) is 0 Å². The SMILES string of the molecule is CCCCCCCC(N)O.CCCCCCCCCCCC(N)O. The molecule has 0 aliphatic carbocycles. The van der Waals surface area contributed by atoms with Gasteiger partial charge in [-0.15, -0.1) is 0 Å². The highest BCUT2D eigenvalue weighted by Gasteiger charge is 1.96. The zero-order chi connectivity index (χ0) is 18.5. The first-order valence-corrected chi connectivity index (χ1v) is 10.4. The second-order valence-corrected chi connectivity index (χ2v) is 6.95. The number of aliphatic hydroxyl groups excluding tert-OH is 2. The van der Waals surface area contributed by atoms with Crippen molar-refractivity contribution in [2.24, 2.45) is 11.5 Å². The van der Waals surface area contributed by atoms with Crippen molar-refractivity contribution < 1.29 is 10.2 Å². The molecule has 4 heteroatoms. The lowest BCUT2D eigenvalue weighted by molar-refractivity contribution is 0.167. The van der Waals surface area contributed by atoms with E-state index in [1.807, 2.05) is 0 Å². The number of rotatable bonds is 16. The first-order valence-electron chi connectivity index (χ1n) is 10.4. The second-order valence-electron chi connectivity index (χ2n) is 6.95. The third-order valence-corrected chi connectivity index (χ3v) is 4.21. The Hall–Kier alpha value is -0.160. The van der Waals surface area contributed by atoms with Crippen LogP contribution in [0, 0.1) is 0 Å². The summed E-state index contributed by atoms with van der Waals surface area (Å²) in [6.07, 6.45) is 18.3. The van der Waals surface area contributed by atoms with Gasteiger partial charge in [-0.05, 0) is 25.7 Å². The predicted molar refractivity (Wildman–Crippen MR) is 106 cm³/mol. The second kappa shape index (κ2) is 22.8. The maximum Gasteiger partial charge on any atom is 0.102 e. The number of hydrogen-bond acceptors (Lipinski definition) is 4. The average Bonchev–Trinajstić information content (AvgIpc) is 2.53. The van der Waals surface area contributed by atoms with Crippen molar-refractivity contribution in [1.29, 1.82) is 0 Å². The molecule has 0 saturated carbocycles. The van der Waals surface area contributed by atoms with Gasteiger partial charge in [0.25, 0.3) is 0 Å². The monoisotopic (exact) mass is 346 g/mol. The van der Waals surface area contributed by atoms with Crippen molar-refractivity contribution >= 4 is 0 Å². The molecule has 4 nitrogen and oxygen atoms in total. The summed E-state index contributed by atoms with van der Waals surface area (Å²) in [5, 5.41) is 17.5. The molecule has 0 amide bonds. The highest BCUT2D eigenvalue weighted by molar-refractivity contribution is 4.49. The van der Waals surface area contributed by atoms with Gasteiger partial charge in [-0.2, -0.15) is 0 Å². The summed E-state index contributed by atoms with van der Waals surface area (Å²) in [4.78, 5) is 0. The van der Waals surface area contributed by atoms with Gasteiger partial charge >= 0.3 is 0 Å². The first-order chi connectivity index (χ1) is 11.5. The Morgan fingerprint density at radius 2 is 0.750 bits per heavy atom. The molecule has 0 fully saturated rings. The van der Waals surface area contributed by atoms with E-state index in [0.29, 0.717) is 0 Å². The van der Waals surface area contributed by atoms with Crippen LogP contribution in [0.25, 0.3) is 0 Å². The van der Waals surface area contributed by atoms with Crippen LogP contribution in [0.5, 0.6) is 0 Å². The summed E-state index contributed by atoms with van der Waals surface area (Å²) in [5.74, 6) is 0. The first kappa shape index (κ1) is 26.1. The fourth-order valence-corrected chi connectivity index (χ4v) is 2.62. The Morgan fingerprint density at radius 1 is 0.500 bits per heavy atom. The molecule has 0 radical (unpaired) electrons. The lowest BCUT2D eigenvalue weighted by Crippen LogP contribution is -2.17. The predicted octanol–water partition coefficient (Wildman–Crippen LogP) is 4.81. The van der Waals surface area contributed by atoms with Crippen LogP contribution in [0.3, 0.4) is 0 Å². The molecule has 24 heavy (non-hydrogen) atoms. The van der Waals surface area contributed by atoms with Crippen LogP contribution in [-0.2, 0) is 0 Å². The van der Waals surface area contributed by atoms with E-state index < -0.39 is 12.5 Å². The Balaban J connectivity index is 0.